The van der Waals surface area contributed by atoms with Crippen LogP contribution in [0.15, 0.2) is 54.6 Å². The summed E-state index contributed by atoms with van der Waals surface area (Å²) in [5, 5.41) is 0.882. The lowest BCUT2D eigenvalue weighted by Crippen LogP contribution is -2.38. The van der Waals surface area contributed by atoms with Crippen LogP contribution in [0, 0.1) is 0 Å². The van der Waals surface area contributed by atoms with Crippen LogP contribution in [-0.4, -0.2) is 16.9 Å². The number of Topliss-reactive ketones (excluding diaryl/α,β-unsaturated/α-hetero) is 2. The molecule has 112 valence electrons. The molecule has 0 spiro atoms. The summed E-state index contributed by atoms with van der Waals surface area (Å²) in [5.74, 6) is -0.0947. The monoisotopic (exact) mass is 356 g/mol. The maximum absolute atomic E-state index is 13.1. The van der Waals surface area contributed by atoms with Gasteiger partial charge in [-0.25, -0.2) is 0 Å². The minimum Gasteiger partial charge on any atom is -0.293 e. The highest BCUT2D eigenvalue weighted by Gasteiger charge is 2.53. The first-order chi connectivity index (χ1) is 10.7. The molecule has 2 nitrogen and oxygen atoms in total. The van der Waals surface area contributed by atoms with Crippen molar-refractivity contribution < 1.29 is 9.59 Å². The van der Waals surface area contributed by atoms with Crippen LogP contribution >= 0.6 is 15.9 Å². The van der Waals surface area contributed by atoms with Crippen LogP contribution in [0.25, 0.3) is 0 Å². The molecule has 2 aromatic carbocycles. The van der Waals surface area contributed by atoms with Crippen molar-refractivity contribution in [2.45, 2.75) is 24.7 Å². The number of rotatable bonds is 5. The van der Waals surface area contributed by atoms with E-state index in [0.29, 0.717) is 17.5 Å². The van der Waals surface area contributed by atoms with E-state index in [-0.39, 0.29) is 11.6 Å². The number of ketones is 2. The summed E-state index contributed by atoms with van der Waals surface area (Å²) in [5.41, 5.74) is 0.911. The van der Waals surface area contributed by atoms with Crippen molar-refractivity contribution in [1.29, 1.82) is 0 Å². The first-order valence-corrected chi connectivity index (χ1v) is 8.64. The molecular weight excluding hydrogens is 340 g/mol. The normalized spacial score (nSPS) is 15.9. The van der Waals surface area contributed by atoms with Gasteiger partial charge in [-0.05, 0) is 18.4 Å². The van der Waals surface area contributed by atoms with Crippen LogP contribution in [0.5, 0.6) is 0 Å². The molecule has 0 heterocycles. The van der Waals surface area contributed by atoms with Crippen molar-refractivity contribution in [3.63, 3.8) is 0 Å². The standard InChI is InChI=1S/C19H17BrO2/c20-13-7-6-12-19(14-8-2-1-3-9-14)17(21)15-10-4-5-11-16(15)18(19)22/h1-5,8-11H,6-7,12-13H2. The van der Waals surface area contributed by atoms with Crippen LogP contribution in [0.4, 0.5) is 0 Å². The van der Waals surface area contributed by atoms with Crippen LogP contribution < -0.4 is 0 Å². The summed E-state index contributed by atoms with van der Waals surface area (Å²) >= 11 is 3.42. The van der Waals surface area contributed by atoms with E-state index >= 15 is 0 Å². The molecule has 1 aliphatic carbocycles. The van der Waals surface area contributed by atoms with Crippen LogP contribution in [0.3, 0.4) is 0 Å². The largest absolute Gasteiger partial charge is 0.293 e. The fourth-order valence-corrected chi connectivity index (χ4v) is 3.68. The fraction of sp³-hybridized carbons (Fsp3) is 0.263. The van der Waals surface area contributed by atoms with Gasteiger partial charge in [0.15, 0.2) is 11.6 Å². The zero-order chi connectivity index (χ0) is 15.6. The molecule has 3 heteroatoms. The van der Waals surface area contributed by atoms with Gasteiger partial charge in [-0.15, -0.1) is 0 Å². The summed E-state index contributed by atoms with van der Waals surface area (Å²) in [6, 6.07) is 16.7. The van der Waals surface area contributed by atoms with E-state index in [4.69, 9.17) is 0 Å². The van der Waals surface area contributed by atoms with E-state index < -0.39 is 5.41 Å². The molecule has 0 N–H and O–H groups in total. The molecule has 2 aromatic rings. The zero-order valence-electron chi connectivity index (χ0n) is 12.2. The third-order valence-electron chi connectivity index (χ3n) is 4.39. The topological polar surface area (TPSA) is 34.1 Å². The molecule has 0 saturated carbocycles. The van der Waals surface area contributed by atoms with Crippen molar-refractivity contribution in [2.75, 3.05) is 5.33 Å². The predicted octanol–water partition coefficient (Wildman–Crippen LogP) is 4.57. The number of fused-ring (bicyclic) bond motifs is 1. The van der Waals surface area contributed by atoms with Crippen molar-refractivity contribution in [3.05, 3.63) is 71.3 Å². The summed E-state index contributed by atoms with van der Waals surface area (Å²) in [4.78, 5) is 26.2. The summed E-state index contributed by atoms with van der Waals surface area (Å²) in [6.07, 6.45) is 2.35. The Morgan fingerprint density at radius 3 is 1.86 bits per heavy atom. The molecule has 0 aliphatic heterocycles. The number of carbonyl (C=O) groups excluding carboxylic acids is 2. The summed E-state index contributed by atoms with van der Waals surface area (Å²) < 4.78 is 0. The van der Waals surface area contributed by atoms with Gasteiger partial charge in [0, 0.05) is 16.5 Å². The van der Waals surface area contributed by atoms with Crippen LogP contribution in [0.1, 0.15) is 45.5 Å². The number of alkyl halides is 1. The van der Waals surface area contributed by atoms with E-state index in [1.807, 2.05) is 42.5 Å². The highest BCUT2D eigenvalue weighted by Crippen LogP contribution is 2.43. The number of unbranched alkanes of at least 4 members (excludes halogenated alkanes) is 1. The van der Waals surface area contributed by atoms with Crippen molar-refractivity contribution in [3.8, 4) is 0 Å². The molecule has 0 aromatic heterocycles. The minimum atomic E-state index is -1.03. The van der Waals surface area contributed by atoms with Crippen molar-refractivity contribution in [2.24, 2.45) is 0 Å². The molecule has 0 radical (unpaired) electrons. The Kier molecular flexibility index (Phi) is 4.25. The fourth-order valence-electron chi connectivity index (χ4n) is 3.28. The van der Waals surface area contributed by atoms with Gasteiger partial charge in [-0.3, -0.25) is 9.59 Å². The SMILES string of the molecule is O=C1c2ccccc2C(=O)C1(CCCCBr)c1ccccc1. The van der Waals surface area contributed by atoms with Gasteiger partial charge < -0.3 is 0 Å². The van der Waals surface area contributed by atoms with E-state index in [2.05, 4.69) is 15.9 Å². The Morgan fingerprint density at radius 2 is 1.32 bits per heavy atom. The number of hydrogen-bond acceptors (Lipinski definition) is 2. The van der Waals surface area contributed by atoms with Gasteiger partial charge in [0.05, 0.1) is 0 Å². The second kappa shape index (κ2) is 6.17. The molecule has 1 aliphatic rings. The van der Waals surface area contributed by atoms with Crippen molar-refractivity contribution >= 4 is 27.5 Å². The molecule has 0 atom stereocenters. The average Bonchev–Trinajstić information content (AvgIpc) is 2.79. The number of hydrogen-bond donors (Lipinski definition) is 0. The van der Waals surface area contributed by atoms with E-state index in [0.717, 1.165) is 23.7 Å². The summed E-state index contributed by atoms with van der Waals surface area (Å²) in [7, 11) is 0. The number of benzene rings is 2. The van der Waals surface area contributed by atoms with Crippen LogP contribution in [0.2, 0.25) is 0 Å². The highest BCUT2D eigenvalue weighted by atomic mass is 79.9. The third-order valence-corrected chi connectivity index (χ3v) is 4.95. The average molecular weight is 357 g/mol. The minimum absolute atomic E-state index is 0.0473. The van der Waals surface area contributed by atoms with E-state index in [1.165, 1.54) is 0 Å². The molecule has 3 rings (SSSR count). The Bertz CT molecular complexity index is 671. The lowest BCUT2D eigenvalue weighted by Gasteiger charge is -2.26. The van der Waals surface area contributed by atoms with Gasteiger partial charge in [0.1, 0.15) is 5.41 Å². The number of halogens is 1. The molecule has 0 saturated heterocycles. The third kappa shape index (κ3) is 2.24. The molecule has 0 fully saturated rings. The van der Waals surface area contributed by atoms with Crippen molar-refractivity contribution in [1.82, 2.24) is 0 Å². The lowest BCUT2D eigenvalue weighted by molar-refractivity contribution is 0.0781. The quantitative estimate of drug-likeness (QED) is 0.446. The van der Waals surface area contributed by atoms with E-state index in [1.54, 1.807) is 12.1 Å². The smallest absolute Gasteiger partial charge is 0.181 e. The maximum atomic E-state index is 13.1. The Morgan fingerprint density at radius 1 is 0.773 bits per heavy atom. The lowest BCUT2D eigenvalue weighted by atomic mass is 9.72. The highest BCUT2D eigenvalue weighted by molar-refractivity contribution is 9.09. The maximum Gasteiger partial charge on any atom is 0.181 e. The first-order valence-electron chi connectivity index (χ1n) is 7.52. The Hall–Kier alpha value is -1.74. The molecular formula is C19H17BrO2. The second-order valence-electron chi connectivity index (χ2n) is 5.62. The molecule has 0 amide bonds. The molecule has 0 bridgehead atoms. The number of carbonyl (C=O) groups is 2. The van der Waals surface area contributed by atoms with Gasteiger partial charge in [0.2, 0.25) is 0 Å². The van der Waals surface area contributed by atoms with Gasteiger partial charge in [-0.1, -0.05) is 76.9 Å². The predicted molar refractivity (Wildman–Crippen MR) is 90.9 cm³/mol. The Balaban J connectivity index is 2.12. The Labute approximate surface area is 138 Å². The molecule has 0 unspecified atom stereocenters. The first kappa shape index (κ1) is 15.2. The zero-order valence-corrected chi connectivity index (χ0v) is 13.8. The van der Waals surface area contributed by atoms with Crippen LogP contribution in [-0.2, 0) is 5.41 Å². The molecule has 22 heavy (non-hydrogen) atoms. The summed E-state index contributed by atoms with van der Waals surface area (Å²) in [6.45, 7) is 0. The van der Waals surface area contributed by atoms with Gasteiger partial charge in [0.25, 0.3) is 0 Å². The van der Waals surface area contributed by atoms with Gasteiger partial charge >= 0.3 is 0 Å². The second-order valence-corrected chi connectivity index (χ2v) is 6.41. The van der Waals surface area contributed by atoms with Gasteiger partial charge in [-0.2, -0.15) is 0 Å². The van der Waals surface area contributed by atoms with E-state index in [9.17, 15) is 9.59 Å².